The van der Waals surface area contributed by atoms with E-state index < -0.39 is 5.97 Å². The third-order valence-corrected chi connectivity index (χ3v) is 2.37. The number of aliphatic hydroxyl groups is 1. The summed E-state index contributed by atoms with van der Waals surface area (Å²) in [4.78, 5) is 25.6. The molecule has 0 heterocycles. The van der Waals surface area contributed by atoms with E-state index in [1.807, 2.05) is 13.8 Å². The van der Waals surface area contributed by atoms with Gasteiger partial charge in [0, 0.05) is 25.7 Å². The number of carbonyl (C=O) groups is 2. The fourth-order valence-corrected chi connectivity index (χ4v) is 1.53. The first-order valence-electron chi connectivity index (χ1n) is 5.93. The van der Waals surface area contributed by atoms with Crippen LogP contribution in [-0.4, -0.2) is 64.3 Å². The largest absolute Gasteiger partial charge is 0.480 e. The molecule has 0 bridgehead atoms. The van der Waals surface area contributed by atoms with Gasteiger partial charge in [0.05, 0.1) is 0 Å². The Morgan fingerprint density at radius 3 is 2.39 bits per heavy atom. The second-order valence-corrected chi connectivity index (χ2v) is 4.21. The van der Waals surface area contributed by atoms with Gasteiger partial charge in [-0.2, -0.15) is 0 Å². The molecule has 18 heavy (non-hydrogen) atoms. The fourth-order valence-electron chi connectivity index (χ4n) is 1.53. The van der Waals surface area contributed by atoms with Crippen molar-refractivity contribution in [3.8, 4) is 0 Å². The number of carbonyl (C=O) groups excluding carboxylic acids is 1. The van der Waals surface area contributed by atoms with Gasteiger partial charge in [0.2, 0.25) is 0 Å². The zero-order valence-electron chi connectivity index (χ0n) is 11.0. The van der Waals surface area contributed by atoms with E-state index in [0.717, 1.165) is 0 Å². The molecule has 6 heteroatoms. The third kappa shape index (κ3) is 5.67. The Morgan fingerprint density at radius 1 is 1.39 bits per heavy atom. The van der Waals surface area contributed by atoms with E-state index in [-0.39, 0.29) is 31.8 Å². The molecule has 0 saturated carbocycles. The Hall–Kier alpha value is -1.56. The maximum absolute atomic E-state index is 12.2. The molecule has 0 aromatic carbocycles. The third-order valence-electron chi connectivity index (χ3n) is 2.37. The second-order valence-electron chi connectivity index (χ2n) is 4.21. The molecule has 0 radical (unpaired) electrons. The van der Waals surface area contributed by atoms with Crippen LogP contribution in [0.25, 0.3) is 0 Å². The van der Waals surface area contributed by atoms with Crippen LogP contribution in [0.1, 0.15) is 20.3 Å². The van der Waals surface area contributed by atoms with Gasteiger partial charge in [-0.3, -0.25) is 4.79 Å². The highest BCUT2D eigenvalue weighted by molar-refractivity contribution is 5.80. The van der Waals surface area contributed by atoms with Crippen LogP contribution >= 0.6 is 0 Å². The van der Waals surface area contributed by atoms with Crippen LogP contribution in [0.15, 0.2) is 12.7 Å². The summed E-state index contributed by atoms with van der Waals surface area (Å²) in [6.07, 6.45) is 1.96. The van der Waals surface area contributed by atoms with Crippen molar-refractivity contribution in [2.45, 2.75) is 26.3 Å². The highest BCUT2D eigenvalue weighted by Gasteiger charge is 2.23. The minimum absolute atomic E-state index is 0.00309. The van der Waals surface area contributed by atoms with Crippen LogP contribution in [0.2, 0.25) is 0 Å². The van der Waals surface area contributed by atoms with Crippen molar-refractivity contribution in [1.82, 2.24) is 9.80 Å². The first-order valence-corrected chi connectivity index (χ1v) is 5.93. The minimum atomic E-state index is -1.06. The molecule has 2 N–H and O–H groups in total. The van der Waals surface area contributed by atoms with E-state index in [1.165, 1.54) is 11.0 Å². The number of carboxylic acids is 1. The van der Waals surface area contributed by atoms with E-state index >= 15 is 0 Å². The molecule has 0 spiro atoms. The van der Waals surface area contributed by atoms with Gasteiger partial charge in [0.25, 0.3) is 0 Å². The molecule has 0 aliphatic heterocycles. The Bertz CT molecular complexity index is 292. The number of carboxylic acid groups (broad SMARTS) is 1. The number of aliphatic carboxylic acids is 1. The van der Waals surface area contributed by atoms with Crippen LogP contribution in [-0.2, 0) is 4.79 Å². The number of hydrogen-bond donors (Lipinski definition) is 2. The van der Waals surface area contributed by atoms with Gasteiger partial charge in [-0.05, 0) is 20.3 Å². The summed E-state index contributed by atoms with van der Waals surface area (Å²) < 4.78 is 0. The van der Waals surface area contributed by atoms with Crippen molar-refractivity contribution in [3.05, 3.63) is 12.7 Å². The quantitative estimate of drug-likeness (QED) is 0.630. The molecular weight excluding hydrogens is 236 g/mol. The summed E-state index contributed by atoms with van der Waals surface area (Å²) in [5.41, 5.74) is 0. The standard InChI is InChI=1S/C12H22N2O4/c1-4-6-13(9-11(16)17)12(18)14(10(2)3)7-5-8-15/h4,10,15H,1,5-9H2,2-3H3,(H,16,17). The zero-order chi connectivity index (χ0) is 14.1. The normalized spacial score (nSPS) is 10.2. The molecule has 6 nitrogen and oxygen atoms in total. The lowest BCUT2D eigenvalue weighted by atomic mass is 10.3. The highest BCUT2D eigenvalue weighted by Crippen LogP contribution is 2.06. The van der Waals surface area contributed by atoms with Crippen LogP contribution in [0.5, 0.6) is 0 Å². The van der Waals surface area contributed by atoms with Gasteiger partial charge in [-0.15, -0.1) is 6.58 Å². The van der Waals surface area contributed by atoms with Gasteiger partial charge in [-0.1, -0.05) is 6.08 Å². The molecule has 0 aromatic heterocycles. The number of urea groups is 1. The molecule has 0 rings (SSSR count). The molecule has 0 fully saturated rings. The van der Waals surface area contributed by atoms with Crippen molar-refractivity contribution >= 4 is 12.0 Å². The summed E-state index contributed by atoms with van der Waals surface area (Å²) in [6.45, 7) is 7.44. The zero-order valence-corrected chi connectivity index (χ0v) is 11.0. The maximum Gasteiger partial charge on any atom is 0.323 e. The average molecular weight is 258 g/mol. The van der Waals surface area contributed by atoms with E-state index in [0.29, 0.717) is 13.0 Å². The van der Waals surface area contributed by atoms with Gasteiger partial charge in [0.1, 0.15) is 6.54 Å². The Balaban J connectivity index is 4.75. The fraction of sp³-hybridized carbons (Fsp3) is 0.667. The lowest BCUT2D eigenvalue weighted by molar-refractivity contribution is -0.137. The van der Waals surface area contributed by atoms with Crippen molar-refractivity contribution in [2.24, 2.45) is 0 Å². The summed E-state index contributed by atoms with van der Waals surface area (Å²) >= 11 is 0. The predicted octanol–water partition coefficient (Wildman–Crippen LogP) is 0.772. The van der Waals surface area contributed by atoms with Crippen molar-refractivity contribution in [1.29, 1.82) is 0 Å². The Labute approximate surface area is 107 Å². The molecule has 2 amide bonds. The Morgan fingerprint density at radius 2 is 2.00 bits per heavy atom. The van der Waals surface area contributed by atoms with E-state index in [1.54, 1.807) is 4.90 Å². The SMILES string of the molecule is C=CCN(CC(=O)O)C(=O)N(CCCO)C(C)C. The van der Waals surface area contributed by atoms with Crippen LogP contribution in [0.3, 0.4) is 0 Å². The summed E-state index contributed by atoms with van der Waals surface area (Å²) in [6, 6.07) is -0.397. The number of aliphatic hydroxyl groups excluding tert-OH is 1. The van der Waals surface area contributed by atoms with Gasteiger partial charge < -0.3 is 20.0 Å². The summed E-state index contributed by atoms with van der Waals surface area (Å²) in [7, 11) is 0. The average Bonchev–Trinajstić information content (AvgIpc) is 2.27. The van der Waals surface area contributed by atoms with Crippen LogP contribution in [0.4, 0.5) is 4.79 Å². The van der Waals surface area contributed by atoms with Crippen LogP contribution < -0.4 is 0 Å². The van der Waals surface area contributed by atoms with Crippen molar-refractivity contribution < 1.29 is 19.8 Å². The van der Waals surface area contributed by atoms with E-state index in [9.17, 15) is 9.59 Å². The lowest BCUT2D eigenvalue weighted by Gasteiger charge is -2.32. The van der Waals surface area contributed by atoms with Gasteiger partial charge >= 0.3 is 12.0 Å². The smallest absolute Gasteiger partial charge is 0.323 e. The minimum Gasteiger partial charge on any atom is -0.480 e. The highest BCUT2D eigenvalue weighted by atomic mass is 16.4. The monoisotopic (exact) mass is 258 g/mol. The Kier molecular flexibility index (Phi) is 7.78. The number of rotatable bonds is 8. The first kappa shape index (κ1) is 16.4. The molecule has 104 valence electrons. The lowest BCUT2D eigenvalue weighted by Crippen LogP contribution is -2.48. The summed E-state index contributed by atoms with van der Waals surface area (Å²) in [5.74, 6) is -1.06. The van der Waals surface area contributed by atoms with E-state index in [2.05, 4.69) is 6.58 Å². The van der Waals surface area contributed by atoms with Crippen molar-refractivity contribution in [2.75, 3.05) is 26.2 Å². The number of nitrogens with zero attached hydrogens (tertiary/aromatic N) is 2. The molecule has 0 saturated heterocycles. The first-order chi connectivity index (χ1) is 8.43. The molecule has 0 atom stereocenters. The molecule has 0 aliphatic rings. The maximum atomic E-state index is 12.2. The number of hydrogen-bond acceptors (Lipinski definition) is 3. The van der Waals surface area contributed by atoms with E-state index in [4.69, 9.17) is 10.2 Å². The second kappa shape index (κ2) is 8.52. The molecule has 0 aliphatic carbocycles. The predicted molar refractivity (Wildman–Crippen MR) is 68.3 cm³/mol. The van der Waals surface area contributed by atoms with Gasteiger partial charge in [-0.25, -0.2) is 4.79 Å². The van der Waals surface area contributed by atoms with Crippen molar-refractivity contribution in [3.63, 3.8) is 0 Å². The molecule has 0 aromatic rings. The topological polar surface area (TPSA) is 81.1 Å². The number of amides is 2. The van der Waals surface area contributed by atoms with Crippen LogP contribution in [0, 0.1) is 0 Å². The molecule has 0 unspecified atom stereocenters. The molecular formula is C12H22N2O4. The van der Waals surface area contributed by atoms with Gasteiger partial charge in [0.15, 0.2) is 0 Å². The summed E-state index contributed by atoms with van der Waals surface area (Å²) in [5, 5.41) is 17.6.